The maximum Gasteiger partial charge on any atom is 0.404 e. The number of carbonyl (C=O) groups is 1. The number of nitrogens with one attached hydrogen (secondary N) is 1. The lowest BCUT2D eigenvalue weighted by Crippen LogP contribution is -2.36. The van der Waals surface area contributed by atoms with Crippen molar-refractivity contribution in [2.45, 2.75) is 24.9 Å². The second-order valence-electron chi connectivity index (χ2n) is 5.29. The Morgan fingerprint density at radius 1 is 1.57 bits per heavy atom. The number of aliphatic hydroxyl groups excluding tert-OH is 1. The summed E-state index contributed by atoms with van der Waals surface area (Å²) in [6, 6.07) is 5.52. The predicted molar refractivity (Wildman–Crippen MR) is 80.2 cm³/mol. The van der Waals surface area contributed by atoms with Crippen molar-refractivity contribution in [1.82, 2.24) is 5.32 Å². The molecule has 122 valence electrons. The van der Waals surface area contributed by atoms with Crippen LogP contribution < -0.4 is 10.2 Å². The van der Waals surface area contributed by atoms with E-state index in [1.54, 1.807) is 11.0 Å². The lowest BCUT2D eigenvalue weighted by molar-refractivity contribution is -0.384. The van der Waals surface area contributed by atoms with Gasteiger partial charge in [-0.25, -0.2) is 4.79 Å². The van der Waals surface area contributed by atoms with E-state index in [1.807, 2.05) is 6.07 Å². The van der Waals surface area contributed by atoms with Crippen LogP contribution in [-0.4, -0.2) is 46.5 Å². The number of nitro benzene ring substituents is 1. The van der Waals surface area contributed by atoms with Crippen LogP contribution in [0.2, 0.25) is 0 Å². The Bertz CT molecular complexity index is 657. The maximum atomic E-state index is 11.2. The smallest absolute Gasteiger partial charge is 0.404 e. The summed E-state index contributed by atoms with van der Waals surface area (Å²) in [6.07, 6.45) is -0.719. The molecule has 1 saturated heterocycles. The zero-order chi connectivity index (χ0) is 17.0. The van der Waals surface area contributed by atoms with Gasteiger partial charge in [-0.2, -0.15) is 5.26 Å². The minimum Gasteiger partial charge on any atom is -0.465 e. The highest BCUT2D eigenvalue weighted by atomic mass is 16.6. The molecule has 1 amide bonds. The fraction of sp³-hybridized carbons (Fsp3) is 0.429. The molecule has 2 atom stereocenters. The van der Waals surface area contributed by atoms with Crippen molar-refractivity contribution >= 4 is 17.5 Å². The van der Waals surface area contributed by atoms with Crippen LogP contribution in [0.3, 0.4) is 0 Å². The Morgan fingerprint density at radius 3 is 2.87 bits per heavy atom. The van der Waals surface area contributed by atoms with E-state index < -0.39 is 23.1 Å². The van der Waals surface area contributed by atoms with Crippen LogP contribution in [0, 0.1) is 21.4 Å². The summed E-state index contributed by atoms with van der Waals surface area (Å²) < 4.78 is 0. The Labute approximate surface area is 131 Å². The van der Waals surface area contributed by atoms with E-state index in [-0.39, 0.29) is 30.9 Å². The summed E-state index contributed by atoms with van der Waals surface area (Å²) in [7, 11) is 0. The third kappa shape index (κ3) is 3.67. The minimum atomic E-state index is -1.18. The highest BCUT2D eigenvalue weighted by Crippen LogP contribution is 2.34. The number of nitriles is 1. The van der Waals surface area contributed by atoms with Crippen molar-refractivity contribution in [1.29, 1.82) is 5.26 Å². The van der Waals surface area contributed by atoms with E-state index >= 15 is 0 Å². The topological polar surface area (TPSA) is 140 Å². The molecule has 0 aliphatic carbocycles. The Kier molecular flexibility index (Phi) is 4.98. The number of nitrogens with zero attached hydrogens (tertiary/aromatic N) is 3. The molecule has 2 rings (SSSR count). The molecule has 1 aliphatic rings. The van der Waals surface area contributed by atoms with Gasteiger partial charge in [0, 0.05) is 12.6 Å². The Morgan fingerprint density at radius 2 is 2.30 bits per heavy atom. The quantitative estimate of drug-likeness (QED) is 0.540. The van der Waals surface area contributed by atoms with Crippen LogP contribution in [0.15, 0.2) is 18.2 Å². The number of carboxylic acid groups (broad SMARTS) is 1. The lowest BCUT2D eigenvalue weighted by Gasteiger charge is -2.25. The summed E-state index contributed by atoms with van der Waals surface area (Å²) in [4.78, 5) is 23.1. The monoisotopic (exact) mass is 320 g/mol. The van der Waals surface area contributed by atoms with Crippen molar-refractivity contribution in [2.75, 3.05) is 18.1 Å². The molecular formula is C14H16N4O5. The van der Waals surface area contributed by atoms with E-state index in [2.05, 4.69) is 5.32 Å². The minimum absolute atomic E-state index is 0.111. The van der Waals surface area contributed by atoms with Gasteiger partial charge in [0.05, 0.1) is 36.1 Å². The summed E-state index contributed by atoms with van der Waals surface area (Å²) in [5.41, 5.74) is 0.775. The van der Waals surface area contributed by atoms with Gasteiger partial charge >= 0.3 is 6.09 Å². The number of nitro groups is 1. The number of hydrogen-bond acceptors (Lipinski definition) is 6. The van der Waals surface area contributed by atoms with E-state index in [0.717, 1.165) is 0 Å². The van der Waals surface area contributed by atoms with E-state index in [4.69, 9.17) is 10.4 Å². The summed E-state index contributed by atoms with van der Waals surface area (Å²) in [5.74, 6) is 0. The first-order chi connectivity index (χ1) is 11.0. The van der Waals surface area contributed by atoms with Gasteiger partial charge in [0.25, 0.3) is 5.69 Å². The molecule has 3 N–H and O–H groups in total. The Hall–Kier alpha value is -2.86. The Balaban J connectivity index is 2.37. The molecule has 1 aliphatic heterocycles. The molecule has 9 heteroatoms. The van der Waals surface area contributed by atoms with E-state index in [0.29, 0.717) is 12.0 Å². The van der Waals surface area contributed by atoms with Gasteiger partial charge in [-0.1, -0.05) is 6.07 Å². The third-order valence-electron chi connectivity index (χ3n) is 3.78. The van der Waals surface area contributed by atoms with Crippen molar-refractivity contribution in [2.24, 2.45) is 0 Å². The van der Waals surface area contributed by atoms with Crippen LogP contribution >= 0.6 is 0 Å². The van der Waals surface area contributed by atoms with Gasteiger partial charge in [0.2, 0.25) is 0 Å². The molecule has 0 unspecified atom stereocenters. The molecule has 0 radical (unpaired) electrons. The molecule has 1 fully saturated rings. The van der Waals surface area contributed by atoms with Crippen LogP contribution in [0.5, 0.6) is 0 Å². The van der Waals surface area contributed by atoms with E-state index in [1.165, 1.54) is 12.1 Å². The van der Waals surface area contributed by atoms with Crippen molar-refractivity contribution in [3.8, 4) is 6.07 Å². The lowest BCUT2D eigenvalue weighted by atomic mass is 10.1. The number of benzene rings is 1. The second kappa shape index (κ2) is 6.93. The van der Waals surface area contributed by atoms with Crippen LogP contribution in [0.1, 0.15) is 12.0 Å². The van der Waals surface area contributed by atoms with Gasteiger partial charge < -0.3 is 20.4 Å². The van der Waals surface area contributed by atoms with Crippen LogP contribution in [0.25, 0.3) is 0 Å². The molecule has 0 spiro atoms. The number of rotatable bonds is 5. The van der Waals surface area contributed by atoms with Crippen molar-refractivity contribution in [3.63, 3.8) is 0 Å². The average Bonchev–Trinajstić information content (AvgIpc) is 2.89. The molecular weight excluding hydrogens is 304 g/mol. The van der Waals surface area contributed by atoms with Gasteiger partial charge in [-0.05, 0) is 18.1 Å². The number of hydrogen-bond donors (Lipinski definition) is 3. The first-order valence-corrected chi connectivity index (χ1v) is 6.97. The summed E-state index contributed by atoms with van der Waals surface area (Å²) >= 11 is 0. The van der Waals surface area contributed by atoms with Crippen molar-refractivity contribution in [3.05, 3.63) is 33.9 Å². The van der Waals surface area contributed by atoms with Gasteiger partial charge in [-0.15, -0.1) is 0 Å². The zero-order valence-corrected chi connectivity index (χ0v) is 12.2. The van der Waals surface area contributed by atoms with Crippen LogP contribution in [0.4, 0.5) is 16.2 Å². The SMILES string of the molecule is N#CCc1ccc([N+](=O)[O-])c(N2C[C@@H](NC(=O)O)C[C@H]2CO)c1. The van der Waals surface area contributed by atoms with E-state index in [9.17, 15) is 20.0 Å². The summed E-state index contributed by atoms with van der Waals surface area (Å²) in [5, 5.41) is 40.7. The molecule has 1 aromatic rings. The molecule has 1 aromatic carbocycles. The highest BCUT2D eigenvalue weighted by Gasteiger charge is 2.35. The third-order valence-corrected chi connectivity index (χ3v) is 3.78. The molecule has 1 heterocycles. The molecule has 9 nitrogen and oxygen atoms in total. The number of amides is 1. The number of aliphatic hydroxyl groups is 1. The van der Waals surface area contributed by atoms with Gasteiger partial charge in [0.1, 0.15) is 5.69 Å². The highest BCUT2D eigenvalue weighted by molar-refractivity contribution is 5.68. The standard InChI is InChI=1S/C14H16N4O5/c15-4-3-9-1-2-12(18(22)23)13(5-9)17-7-10(16-14(20)21)6-11(17)8-19/h1-2,5,10-11,16,19H,3,6-8H2,(H,20,21)/t10-,11-/m0/s1. The molecule has 0 aromatic heterocycles. The fourth-order valence-corrected chi connectivity index (χ4v) is 2.82. The normalized spacial score (nSPS) is 20.1. The molecule has 0 saturated carbocycles. The van der Waals surface area contributed by atoms with Crippen molar-refractivity contribution < 1.29 is 19.9 Å². The van der Waals surface area contributed by atoms with Gasteiger partial charge in [0.15, 0.2) is 0 Å². The number of anilines is 1. The first-order valence-electron chi connectivity index (χ1n) is 6.97. The zero-order valence-electron chi connectivity index (χ0n) is 12.2. The summed E-state index contributed by atoms with van der Waals surface area (Å²) in [6.45, 7) is -0.0359. The largest absolute Gasteiger partial charge is 0.465 e. The maximum absolute atomic E-state index is 11.2. The van der Waals surface area contributed by atoms with Gasteiger partial charge in [-0.3, -0.25) is 10.1 Å². The molecule has 0 bridgehead atoms. The second-order valence-corrected chi connectivity index (χ2v) is 5.29. The average molecular weight is 320 g/mol. The van der Waals surface area contributed by atoms with Crippen LogP contribution in [-0.2, 0) is 6.42 Å². The fourth-order valence-electron chi connectivity index (χ4n) is 2.82. The molecule has 23 heavy (non-hydrogen) atoms. The first kappa shape index (κ1) is 16.5. The predicted octanol–water partition coefficient (Wildman–Crippen LogP) is 0.868.